The first kappa shape index (κ1) is 24.8. The van der Waals surface area contributed by atoms with Gasteiger partial charge in [0.2, 0.25) is 0 Å². The molecule has 1 saturated heterocycles. The molecule has 0 bridgehead atoms. The molecule has 2 heterocycles. The Morgan fingerprint density at radius 1 is 0.973 bits per heavy atom. The van der Waals surface area contributed by atoms with Gasteiger partial charge in [0.25, 0.3) is 5.91 Å². The van der Waals surface area contributed by atoms with Crippen LogP contribution in [0.15, 0.2) is 84.9 Å². The number of nitrogens with zero attached hydrogens (tertiary/aromatic N) is 2. The van der Waals surface area contributed by atoms with Gasteiger partial charge in [-0.2, -0.15) is 0 Å². The van der Waals surface area contributed by atoms with Crippen LogP contribution in [0, 0.1) is 12.7 Å². The molecule has 5 rings (SSSR count). The maximum atomic E-state index is 14.9. The standard InChI is InChI=1S/C31H32FN3O2/c1-22-27(31(36)33-25-15-17-34(18-16-25)21-23-9-4-3-5-10-23)20-30(24-11-8-12-26(19-24)37-2)35(22)29-14-7-6-13-28(29)32/h3-14,19-20,25H,15-18,21H2,1-2H3,(H,33,36). The van der Waals surface area contributed by atoms with Crippen LogP contribution >= 0.6 is 0 Å². The molecule has 5 nitrogen and oxygen atoms in total. The van der Waals surface area contributed by atoms with Crippen molar-refractivity contribution in [1.29, 1.82) is 0 Å². The summed E-state index contributed by atoms with van der Waals surface area (Å²) in [5.41, 5.74) is 4.55. The van der Waals surface area contributed by atoms with Crippen LogP contribution in [0.1, 0.15) is 34.5 Å². The number of ether oxygens (including phenoxy) is 1. The Morgan fingerprint density at radius 2 is 1.70 bits per heavy atom. The number of hydrogen-bond donors (Lipinski definition) is 1. The molecular formula is C31H32FN3O2. The second kappa shape index (κ2) is 11.0. The number of likely N-dealkylation sites (tertiary alicyclic amines) is 1. The van der Waals surface area contributed by atoms with Crippen molar-refractivity contribution in [2.24, 2.45) is 0 Å². The molecule has 0 atom stereocenters. The molecular weight excluding hydrogens is 465 g/mol. The highest BCUT2D eigenvalue weighted by Gasteiger charge is 2.25. The Bertz CT molecular complexity index is 1370. The number of methoxy groups -OCH3 is 1. The van der Waals surface area contributed by atoms with Crippen LogP contribution in [0.4, 0.5) is 4.39 Å². The van der Waals surface area contributed by atoms with Crippen LogP contribution in [0.5, 0.6) is 5.75 Å². The SMILES string of the molecule is COc1cccc(-c2cc(C(=O)NC3CCN(Cc4ccccc4)CC3)c(C)n2-c2ccccc2F)c1. The fourth-order valence-electron chi connectivity index (χ4n) is 5.12. The van der Waals surface area contributed by atoms with Gasteiger partial charge in [-0.1, -0.05) is 54.6 Å². The minimum absolute atomic E-state index is 0.107. The van der Waals surface area contributed by atoms with E-state index >= 15 is 0 Å². The third-order valence-electron chi connectivity index (χ3n) is 7.12. The lowest BCUT2D eigenvalue weighted by Crippen LogP contribution is -2.44. The average molecular weight is 498 g/mol. The number of carbonyl (C=O) groups is 1. The molecule has 1 N–H and O–H groups in total. The Labute approximate surface area is 217 Å². The molecule has 3 aromatic carbocycles. The number of carbonyl (C=O) groups excluding carboxylic acids is 1. The number of para-hydroxylation sites is 1. The van der Waals surface area contributed by atoms with E-state index in [0.29, 0.717) is 22.7 Å². The summed E-state index contributed by atoms with van der Waals surface area (Å²) in [5, 5.41) is 3.24. The topological polar surface area (TPSA) is 46.5 Å². The van der Waals surface area contributed by atoms with Gasteiger partial charge in [-0.15, -0.1) is 0 Å². The van der Waals surface area contributed by atoms with Crippen molar-refractivity contribution in [3.63, 3.8) is 0 Å². The number of nitrogens with one attached hydrogen (secondary N) is 1. The van der Waals surface area contributed by atoms with Crippen LogP contribution in [0.3, 0.4) is 0 Å². The van der Waals surface area contributed by atoms with Crippen molar-refractivity contribution < 1.29 is 13.9 Å². The lowest BCUT2D eigenvalue weighted by Gasteiger charge is -2.32. The van der Waals surface area contributed by atoms with Crippen molar-refractivity contribution in [3.8, 4) is 22.7 Å². The smallest absolute Gasteiger partial charge is 0.253 e. The van der Waals surface area contributed by atoms with E-state index in [1.165, 1.54) is 11.6 Å². The fraction of sp³-hybridized carbons (Fsp3) is 0.258. The molecule has 190 valence electrons. The Morgan fingerprint density at radius 3 is 2.43 bits per heavy atom. The molecule has 1 aliphatic heterocycles. The highest BCUT2D eigenvalue weighted by Crippen LogP contribution is 2.32. The van der Waals surface area contributed by atoms with Gasteiger partial charge < -0.3 is 14.6 Å². The lowest BCUT2D eigenvalue weighted by atomic mass is 10.0. The van der Waals surface area contributed by atoms with Gasteiger partial charge in [-0.05, 0) is 55.7 Å². The Hall–Kier alpha value is -3.90. The second-order valence-corrected chi connectivity index (χ2v) is 9.56. The van der Waals surface area contributed by atoms with E-state index in [4.69, 9.17) is 4.74 Å². The van der Waals surface area contributed by atoms with E-state index in [1.807, 2.05) is 47.9 Å². The molecule has 1 aromatic heterocycles. The average Bonchev–Trinajstić information content (AvgIpc) is 3.27. The molecule has 0 unspecified atom stereocenters. The van der Waals surface area contributed by atoms with Crippen LogP contribution < -0.4 is 10.1 Å². The molecule has 0 aliphatic carbocycles. The molecule has 0 radical (unpaired) electrons. The van der Waals surface area contributed by atoms with Gasteiger partial charge in [0.1, 0.15) is 11.6 Å². The molecule has 0 spiro atoms. The molecule has 6 heteroatoms. The number of rotatable bonds is 7. The van der Waals surface area contributed by atoms with Gasteiger partial charge in [0.05, 0.1) is 24.1 Å². The van der Waals surface area contributed by atoms with Crippen molar-refractivity contribution in [2.75, 3.05) is 20.2 Å². The normalized spacial score (nSPS) is 14.5. The molecule has 0 saturated carbocycles. The number of piperidine rings is 1. The van der Waals surface area contributed by atoms with Gasteiger partial charge in [0.15, 0.2) is 0 Å². The number of benzene rings is 3. The molecule has 1 aliphatic rings. The zero-order valence-electron chi connectivity index (χ0n) is 21.3. The van der Waals surface area contributed by atoms with E-state index in [0.717, 1.165) is 43.7 Å². The number of halogens is 1. The van der Waals surface area contributed by atoms with E-state index in [1.54, 1.807) is 25.3 Å². The minimum atomic E-state index is -0.344. The van der Waals surface area contributed by atoms with Gasteiger partial charge in [0, 0.05) is 36.9 Å². The first-order chi connectivity index (χ1) is 18.0. The summed E-state index contributed by atoms with van der Waals surface area (Å²) in [7, 11) is 1.62. The maximum Gasteiger partial charge on any atom is 0.253 e. The van der Waals surface area contributed by atoms with Crippen molar-refractivity contribution >= 4 is 5.91 Å². The first-order valence-electron chi connectivity index (χ1n) is 12.7. The van der Waals surface area contributed by atoms with E-state index in [9.17, 15) is 9.18 Å². The Balaban J connectivity index is 1.37. The van der Waals surface area contributed by atoms with E-state index in [-0.39, 0.29) is 17.8 Å². The van der Waals surface area contributed by atoms with Crippen molar-refractivity contribution in [3.05, 3.63) is 108 Å². The van der Waals surface area contributed by atoms with Crippen LogP contribution in [0.25, 0.3) is 16.9 Å². The van der Waals surface area contributed by atoms with Gasteiger partial charge >= 0.3 is 0 Å². The zero-order valence-corrected chi connectivity index (χ0v) is 21.3. The van der Waals surface area contributed by atoms with Crippen LogP contribution in [0.2, 0.25) is 0 Å². The summed E-state index contributed by atoms with van der Waals surface area (Å²) >= 11 is 0. The maximum absolute atomic E-state index is 14.9. The van der Waals surface area contributed by atoms with Crippen molar-refractivity contribution in [2.45, 2.75) is 32.4 Å². The number of hydrogen-bond acceptors (Lipinski definition) is 3. The largest absolute Gasteiger partial charge is 0.497 e. The van der Waals surface area contributed by atoms with Crippen molar-refractivity contribution in [1.82, 2.24) is 14.8 Å². The third-order valence-corrected chi connectivity index (χ3v) is 7.12. The summed E-state index contributed by atoms with van der Waals surface area (Å²) in [4.78, 5) is 15.9. The minimum Gasteiger partial charge on any atom is -0.497 e. The van der Waals surface area contributed by atoms with E-state index in [2.05, 4.69) is 34.5 Å². The lowest BCUT2D eigenvalue weighted by molar-refractivity contribution is 0.0908. The van der Waals surface area contributed by atoms with E-state index < -0.39 is 0 Å². The zero-order chi connectivity index (χ0) is 25.8. The summed E-state index contributed by atoms with van der Waals surface area (Å²) in [6, 6.07) is 26.7. The monoisotopic (exact) mass is 497 g/mol. The molecule has 1 fully saturated rings. The van der Waals surface area contributed by atoms with Crippen LogP contribution in [-0.2, 0) is 6.54 Å². The predicted molar refractivity (Wildman–Crippen MR) is 145 cm³/mol. The quantitative estimate of drug-likeness (QED) is 0.341. The predicted octanol–water partition coefficient (Wildman–Crippen LogP) is 5.99. The second-order valence-electron chi connectivity index (χ2n) is 9.56. The molecule has 1 amide bonds. The number of amides is 1. The molecule has 37 heavy (non-hydrogen) atoms. The highest BCUT2D eigenvalue weighted by molar-refractivity contribution is 5.97. The first-order valence-corrected chi connectivity index (χ1v) is 12.7. The third kappa shape index (κ3) is 5.44. The fourth-order valence-corrected chi connectivity index (χ4v) is 5.12. The summed E-state index contributed by atoms with van der Waals surface area (Å²) in [5.74, 6) is 0.228. The summed E-state index contributed by atoms with van der Waals surface area (Å²) in [6.07, 6.45) is 1.79. The summed E-state index contributed by atoms with van der Waals surface area (Å²) in [6.45, 7) is 4.66. The summed E-state index contributed by atoms with van der Waals surface area (Å²) < 4.78 is 22.2. The molecule has 4 aromatic rings. The highest BCUT2D eigenvalue weighted by atomic mass is 19.1. The van der Waals surface area contributed by atoms with Crippen LogP contribution in [-0.4, -0.2) is 41.6 Å². The Kier molecular flexibility index (Phi) is 7.37. The van der Waals surface area contributed by atoms with Gasteiger partial charge in [-0.25, -0.2) is 4.39 Å². The van der Waals surface area contributed by atoms with Gasteiger partial charge in [-0.3, -0.25) is 9.69 Å². The number of aromatic nitrogens is 1.